The first kappa shape index (κ1) is 19.4. The van der Waals surface area contributed by atoms with Crippen molar-refractivity contribution in [2.45, 2.75) is 31.6 Å². The maximum absolute atomic E-state index is 10.3. The van der Waals surface area contributed by atoms with E-state index in [0.717, 1.165) is 0 Å². The minimum atomic E-state index is -0.988. The molecule has 0 spiro atoms. The summed E-state index contributed by atoms with van der Waals surface area (Å²) in [4.78, 5) is 10.1. The summed E-state index contributed by atoms with van der Waals surface area (Å²) in [6, 6.07) is 6.70. The lowest BCUT2D eigenvalue weighted by molar-refractivity contribution is 0.0698. The maximum Gasteiger partial charge on any atom is 0.337 e. The van der Waals surface area contributed by atoms with E-state index in [9.17, 15) is 4.79 Å². The van der Waals surface area contributed by atoms with Crippen LogP contribution in [0.5, 0.6) is 0 Å². The molecule has 0 atom stereocenters. The third-order valence-electron chi connectivity index (χ3n) is 1.19. The summed E-state index contributed by atoms with van der Waals surface area (Å²) in [5.74, 6) is -0.988. The van der Waals surface area contributed by atoms with E-state index in [0.29, 0.717) is 11.7 Å². The number of carbonyl (C=O) groups is 1. The van der Waals surface area contributed by atoms with Crippen molar-refractivity contribution in [1.29, 1.82) is 0 Å². The van der Waals surface area contributed by atoms with Crippen molar-refractivity contribution >= 4 is 34.9 Å². The summed E-state index contributed by atoms with van der Waals surface area (Å²) >= 11 is 10.1. The van der Waals surface area contributed by atoms with Crippen molar-refractivity contribution in [3.63, 3.8) is 0 Å². The normalized spacial score (nSPS) is 9.11. The molecule has 0 aliphatic rings. The first-order valence-electron chi connectivity index (χ1n) is 5.30. The van der Waals surface area contributed by atoms with Crippen LogP contribution in [-0.2, 0) is 0 Å². The highest BCUT2D eigenvalue weighted by Crippen LogP contribution is 2.08. The second-order valence-corrected chi connectivity index (χ2v) is 5.19. The highest BCUT2D eigenvalue weighted by molar-refractivity contribution is 6.43. The number of hydrogen-bond acceptors (Lipinski definition) is 3. The van der Waals surface area contributed by atoms with Crippen molar-refractivity contribution in [3.8, 4) is 0 Å². The van der Waals surface area contributed by atoms with E-state index >= 15 is 0 Å². The molecular formula is C12H20Cl2N2O2. The number of anilines is 1. The number of aromatic carboxylic acids is 1. The first-order chi connectivity index (χ1) is 8.18. The molecule has 5 N–H and O–H groups in total. The molecule has 6 heteroatoms. The summed E-state index contributed by atoms with van der Waals surface area (Å²) in [5.41, 5.74) is 10.9. The number of alkyl halides is 2. The molecule has 1 aromatic rings. The van der Waals surface area contributed by atoms with Crippen molar-refractivity contribution in [2.75, 3.05) is 5.73 Å². The number of nitrogen functional groups attached to an aromatic ring is 1. The molecule has 1 aromatic carbocycles. The summed E-state index contributed by atoms with van der Waals surface area (Å²) in [6.07, 6.45) is 0. The van der Waals surface area contributed by atoms with E-state index in [4.69, 9.17) is 39.8 Å². The van der Waals surface area contributed by atoms with E-state index < -0.39 is 5.97 Å². The number of benzene rings is 1. The molecule has 18 heavy (non-hydrogen) atoms. The number of nitrogens with two attached hydrogens (primary N) is 2. The van der Waals surface area contributed by atoms with Gasteiger partial charge in [-0.2, -0.15) is 0 Å². The summed E-state index contributed by atoms with van der Waals surface area (Å²) in [6.45, 7) is 5.59. The van der Waals surface area contributed by atoms with Crippen LogP contribution in [0.2, 0.25) is 0 Å². The number of rotatable bonds is 1. The quantitative estimate of drug-likeness (QED) is 0.548. The fourth-order valence-electron chi connectivity index (χ4n) is 0.692. The molecule has 1 rings (SSSR count). The van der Waals surface area contributed by atoms with Gasteiger partial charge in [-0.15, -0.1) is 23.2 Å². The molecule has 4 nitrogen and oxygen atoms in total. The number of hydrogen-bond donors (Lipinski definition) is 3. The Morgan fingerprint density at radius 1 is 1.22 bits per heavy atom. The van der Waals surface area contributed by atoms with Gasteiger partial charge in [0.25, 0.3) is 0 Å². The number of para-hydroxylation sites is 1. The average Bonchev–Trinajstić information content (AvgIpc) is 2.15. The van der Waals surface area contributed by atoms with Crippen LogP contribution in [0, 0.1) is 0 Å². The van der Waals surface area contributed by atoms with Gasteiger partial charge in [0.05, 0.1) is 5.56 Å². The Morgan fingerprint density at radius 2 is 1.56 bits per heavy atom. The average molecular weight is 295 g/mol. The topological polar surface area (TPSA) is 89.3 Å². The van der Waals surface area contributed by atoms with Crippen molar-refractivity contribution in [2.24, 2.45) is 5.73 Å². The molecule has 0 aromatic heterocycles. The lowest BCUT2D eigenvalue weighted by atomic mass is 10.2. The molecule has 0 amide bonds. The third kappa shape index (κ3) is 15.0. The second kappa shape index (κ2) is 11.1. The number of carboxylic acid groups (broad SMARTS) is 1. The molecule has 0 unspecified atom stereocenters. The van der Waals surface area contributed by atoms with Crippen LogP contribution in [0.4, 0.5) is 5.69 Å². The van der Waals surface area contributed by atoms with E-state index in [2.05, 4.69) is 0 Å². The minimum Gasteiger partial charge on any atom is -0.478 e. The SMILES string of the molecule is CC(C)N.CC(Cl)Cl.Nc1ccccc1C(=O)O. The smallest absolute Gasteiger partial charge is 0.337 e. The lowest BCUT2D eigenvalue weighted by Gasteiger charge is -1.96. The molecule has 0 heterocycles. The van der Waals surface area contributed by atoms with Crippen LogP contribution >= 0.6 is 23.2 Å². The predicted octanol–water partition coefficient (Wildman–Crippen LogP) is 3.13. The van der Waals surface area contributed by atoms with Crippen LogP contribution in [-0.4, -0.2) is 22.0 Å². The van der Waals surface area contributed by atoms with Gasteiger partial charge in [-0.3, -0.25) is 0 Å². The monoisotopic (exact) mass is 294 g/mol. The summed E-state index contributed by atoms with van der Waals surface area (Å²) in [7, 11) is 0. The second-order valence-electron chi connectivity index (χ2n) is 3.66. The highest BCUT2D eigenvalue weighted by Gasteiger charge is 2.03. The van der Waals surface area contributed by atoms with Crippen LogP contribution in [0.3, 0.4) is 0 Å². The molecule has 0 fully saturated rings. The zero-order chi connectivity index (χ0) is 14.7. The Labute approximate surface area is 118 Å². The molecule has 0 aliphatic heterocycles. The molecule has 0 bridgehead atoms. The first-order valence-corrected chi connectivity index (χ1v) is 6.17. The van der Waals surface area contributed by atoms with Gasteiger partial charge in [-0.25, -0.2) is 4.79 Å². The van der Waals surface area contributed by atoms with Crippen molar-refractivity contribution in [3.05, 3.63) is 29.8 Å². The summed E-state index contributed by atoms with van der Waals surface area (Å²) in [5, 5.41) is 8.49. The number of carboxylic acids is 1. The van der Waals surface area contributed by atoms with Crippen LogP contribution < -0.4 is 11.5 Å². The van der Waals surface area contributed by atoms with Gasteiger partial charge in [0, 0.05) is 5.69 Å². The largest absolute Gasteiger partial charge is 0.478 e. The fraction of sp³-hybridized carbons (Fsp3) is 0.417. The lowest BCUT2D eigenvalue weighted by Crippen LogP contribution is -2.06. The zero-order valence-corrected chi connectivity index (χ0v) is 12.2. The minimum absolute atomic E-state index is 0.155. The molecule has 104 valence electrons. The Bertz CT molecular complexity index is 333. The van der Waals surface area contributed by atoms with Gasteiger partial charge >= 0.3 is 5.97 Å². The van der Waals surface area contributed by atoms with Gasteiger partial charge in [0.15, 0.2) is 0 Å². The van der Waals surface area contributed by atoms with Gasteiger partial charge in [-0.05, 0) is 25.1 Å². The van der Waals surface area contributed by atoms with Crippen molar-refractivity contribution in [1.82, 2.24) is 0 Å². The zero-order valence-electron chi connectivity index (χ0n) is 10.7. The van der Waals surface area contributed by atoms with E-state index in [1.165, 1.54) is 6.07 Å². The molecule has 0 aliphatic carbocycles. The van der Waals surface area contributed by atoms with E-state index in [-0.39, 0.29) is 10.4 Å². The van der Waals surface area contributed by atoms with Gasteiger partial charge in [-0.1, -0.05) is 26.0 Å². The van der Waals surface area contributed by atoms with Gasteiger partial charge in [0.2, 0.25) is 0 Å². The Kier molecular flexibility index (Phi) is 12.0. The summed E-state index contributed by atoms with van der Waals surface area (Å²) < 4.78 is 0. The Hall–Kier alpha value is -0.970. The Balaban J connectivity index is 0. The van der Waals surface area contributed by atoms with Crippen LogP contribution in [0.15, 0.2) is 24.3 Å². The highest BCUT2D eigenvalue weighted by atomic mass is 35.5. The molecule has 0 saturated carbocycles. The molecule has 0 saturated heterocycles. The van der Waals surface area contributed by atoms with Crippen LogP contribution in [0.1, 0.15) is 31.1 Å². The van der Waals surface area contributed by atoms with E-state index in [1.807, 2.05) is 13.8 Å². The van der Waals surface area contributed by atoms with Crippen LogP contribution in [0.25, 0.3) is 0 Å². The van der Waals surface area contributed by atoms with Gasteiger partial charge < -0.3 is 16.6 Å². The van der Waals surface area contributed by atoms with E-state index in [1.54, 1.807) is 25.1 Å². The number of halogens is 2. The van der Waals surface area contributed by atoms with Crippen molar-refractivity contribution < 1.29 is 9.90 Å². The third-order valence-corrected chi connectivity index (χ3v) is 1.19. The fourth-order valence-corrected chi connectivity index (χ4v) is 0.692. The molecular weight excluding hydrogens is 275 g/mol. The predicted molar refractivity (Wildman–Crippen MR) is 78.3 cm³/mol. The molecule has 0 radical (unpaired) electrons. The maximum atomic E-state index is 10.3. The van der Waals surface area contributed by atoms with Gasteiger partial charge in [0.1, 0.15) is 4.84 Å². The standard InChI is InChI=1S/C7H7NO2.C3H9N.C2H4Cl2/c8-6-4-2-1-3-5(6)7(9)10;1-3(2)4;1-2(3)4/h1-4H,8H2,(H,9,10);3H,4H2,1-2H3;2H,1H3. The Morgan fingerprint density at radius 3 is 1.78 bits per heavy atom.